The van der Waals surface area contributed by atoms with E-state index >= 15 is 0 Å². The third-order valence-corrected chi connectivity index (χ3v) is 2.58. The van der Waals surface area contributed by atoms with Gasteiger partial charge in [-0.2, -0.15) is 0 Å². The maximum atomic E-state index is 11.3. The van der Waals surface area contributed by atoms with E-state index in [0.717, 1.165) is 5.56 Å². The molecule has 0 saturated carbocycles. The van der Waals surface area contributed by atoms with Gasteiger partial charge < -0.3 is 14.6 Å². The number of cyclic esters (lactones) is 1. The van der Waals surface area contributed by atoms with Crippen LogP contribution in [0.1, 0.15) is 12.0 Å². The van der Waals surface area contributed by atoms with Crippen molar-refractivity contribution < 1.29 is 19.4 Å². The van der Waals surface area contributed by atoms with Crippen LogP contribution in [0.2, 0.25) is 0 Å². The summed E-state index contributed by atoms with van der Waals surface area (Å²) >= 11 is 0. The van der Waals surface area contributed by atoms with Gasteiger partial charge in [0.05, 0.1) is 13.2 Å². The molecule has 0 amide bonds. The standard InChI is InChI=1S/C14H14O4/c1-17-13-8-12(18-14(16)9-13)6-5-10-3-2-4-11(15)7-10/h2-7,9,12,15H,8H2,1H3/b6-5+. The summed E-state index contributed by atoms with van der Waals surface area (Å²) in [6.45, 7) is 0. The summed E-state index contributed by atoms with van der Waals surface area (Å²) in [7, 11) is 1.53. The maximum absolute atomic E-state index is 11.3. The number of phenolic OH excluding ortho intramolecular Hbond substituents is 1. The quantitative estimate of drug-likeness (QED) is 0.831. The first kappa shape index (κ1) is 12.2. The van der Waals surface area contributed by atoms with Crippen molar-refractivity contribution >= 4 is 12.0 Å². The van der Waals surface area contributed by atoms with Gasteiger partial charge in [0.25, 0.3) is 0 Å². The van der Waals surface area contributed by atoms with E-state index in [-0.39, 0.29) is 11.9 Å². The highest BCUT2D eigenvalue weighted by Crippen LogP contribution is 2.19. The highest BCUT2D eigenvalue weighted by Gasteiger charge is 2.19. The maximum Gasteiger partial charge on any atom is 0.334 e. The predicted molar refractivity (Wildman–Crippen MR) is 66.7 cm³/mol. The van der Waals surface area contributed by atoms with Gasteiger partial charge in [-0.25, -0.2) is 4.79 Å². The molecule has 18 heavy (non-hydrogen) atoms. The number of benzene rings is 1. The zero-order chi connectivity index (χ0) is 13.0. The molecule has 94 valence electrons. The molecule has 1 aromatic rings. The van der Waals surface area contributed by atoms with Crippen molar-refractivity contribution in [1.29, 1.82) is 0 Å². The largest absolute Gasteiger partial charge is 0.508 e. The molecule has 4 nitrogen and oxygen atoms in total. The number of hydrogen-bond acceptors (Lipinski definition) is 4. The highest BCUT2D eigenvalue weighted by atomic mass is 16.5. The minimum atomic E-state index is -0.399. The third-order valence-electron chi connectivity index (χ3n) is 2.58. The Bertz CT molecular complexity index is 502. The van der Waals surface area contributed by atoms with Crippen LogP contribution < -0.4 is 0 Å². The number of carbonyl (C=O) groups is 1. The van der Waals surface area contributed by atoms with Gasteiger partial charge in [0.15, 0.2) is 0 Å². The van der Waals surface area contributed by atoms with Crippen LogP contribution in [0, 0.1) is 0 Å². The number of hydrogen-bond donors (Lipinski definition) is 1. The van der Waals surface area contributed by atoms with Gasteiger partial charge in [0.2, 0.25) is 0 Å². The molecule has 0 radical (unpaired) electrons. The summed E-state index contributed by atoms with van der Waals surface area (Å²) in [5, 5.41) is 9.32. The summed E-state index contributed by atoms with van der Waals surface area (Å²) in [4.78, 5) is 11.3. The zero-order valence-corrected chi connectivity index (χ0v) is 10.00. The molecule has 1 heterocycles. The summed E-state index contributed by atoms with van der Waals surface area (Å²) < 4.78 is 10.2. The first-order valence-corrected chi connectivity index (χ1v) is 5.60. The Balaban J connectivity index is 2.06. The van der Waals surface area contributed by atoms with Gasteiger partial charge in [-0.1, -0.05) is 18.2 Å². The van der Waals surface area contributed by atoms with Crippen molar-refractivity contribution in [3.05, 3.63) is 47.7 Å². The number of methoxy groups -OCH3 is 1. The van der Waals surface area contributed by atoms with E-state index in [9.17, 15) is 9.90 Å². The molecular formula is C14H14O4. The lowest BCUT2D eigenvalue weighted by molar-refractivity contribution is -0.142. The van der Waals surface area contributed by atoms with Crippen LogP contribution in [0.25, 0.3) is 6.08 Å². The second-order valence-electron chi connectivity index (χ2n) is 3.95. The smallest absolute Gasteiger partial charge is 0.334 e. The van der Waals surface area contributed by atoms with Crippen LogP contribution in [0.3, 0.4) is 0 Å². The molecule has 1 unspecified atom stereocenters. The molecule has 4 heteroatoms. The van der Waals surface area contributed by atoms with Crippen LogP contribution in [0.4, 0.5) is 0 Å². The zero-order valence-electron chi connectivity index (χ0n) is 10.00. The van der Waals surface area contributed by atoms with Crippen LogP contribution in [-0.2, 0) is 14.3 Å². The van der Waals surface area contributed by atoms with Gasteiger partial charge >= 0.3 is 5.97 Å². The van der Waals surface area contributed by atoms with Crippen LogP contribution in [-0.4, -0.2) is 24.3 Å². The summed E-state index contributed by atoms with van der Waals surface area (Å²) in [6, 6.07) is 6.84. The van der Waals surface area contributed by atoms with E-state index in [1.807, 2.05) is 6.07 Å². The molecule has 0 bridgehead atoms. The molecule has 0 fully saturated rings. The molecule has 1 aliphatic heterocycles. The van der Waals surface area contributed by atoms with Crippen LogP contribution >= 0.6 is 0 Å². The topological polar surface area (TPSA) is 55.8 Å². The molecule has 1 atom stereocenters. The number of rotatable bonds is 3. The van der Waals surface area contributed by atoms with Crippen molar-refractivity contribution in [3.63, 3.8) is 0 Å². The predicted octanol–water partition coefficient (Wildman–Crippen LogP) is 2.25. The third kappa shape index (κ3) is 3.13. The molecule has 0 saturated heterocycles. The number of carbonyl (C=O) groups excluding carboxylic acids is 1. The van der Waals surface area contributed by atoms with Crippen molar-refractivity contribution in [3.8, 4) is 5.75 Å². The summed E-state index contributed by atoms with van der Waals surface area (Å²) in [6.07, 6.45) is 5.12. The number of phenols is 1. The van der Waals surface area contributed by atoms with E-state index < -0.39 is 5.97 Å². The minimum absolute atomic E-state index is 0.204. The minimum Gasteiger partial charge on any atom is -0.508 e. The number of ether oxygens (including phenoxy) is 2. The Kier molecular flexibility index (Phi) is 3.67. The molecule has 1 N–H and O–H groups in total. The SMILES string of the molecule is COC1=CC(=O)OC(/C=C/c2cccc(O)c2)C1. The Morgan fingerprint density at radius 3 is 3.06 bits per heavy atom. The van der Waals surface area contributed by atoms with E-state index in [4.69, 9.17) is 9.47 Å². The molecule has 0 aliphatic carbocycles. The molecule has 0 aromatic heterocycles. The second kappa shape index (κ2) is 5.40. The molecule has 0 spiro atoms. The van der Waals surface area contributed by atoms with Gasteiger partial charge in [-0.15, -0.1) is 0 Å². The lowest BCUT2D eigenvalue weighted by Gasteiger charge is -2.19. The Labute approximate surface area is 105 Å². The normalized spacial score (nSPS) is 19.5. The van der Waals surface area contributed by atoms with Crippen molar-refractivity contribution in [2.24, 2.45) is 0 Å². The fraction of sp³-hybridized carbons (Fsp3) is 0.214. The van der Waals surface area contributed by atoms with E-state index in [1.165, 1.54) is 13.2 Å². The Morgan fingerprint density at radius 1 is 1.50 bits per heavy atom. The van der Waals surface area contributed by atoms with Crippen molar-refractivity contribution in [2.75, 3.05) is 7.11 Å². The Morgan fingerprint density at radius 2 is 2.33 bits per heavy atom. The summed E-state index contributed by atoms with van der Waals surface area (Å²) in [5.74, 6) is 0.413. The molecule has 2 rings (SSSR count). The lowest BCUT2D eigenvalue weighted by Crippen LogP contribution is -2.21. The average molecular weight is 246 g/mol. The van der Waals surface area contributed by atoms with E-state index in [2.05, 4.69) is 0 Å². The van der Waals surface area contributed by atoms with Gasteiger partial charge in [-0.3, -0.25) is 0 Å². The Hall–Kier alpha value is -2.23. The fourth-order valence-corrected chi connectivity index (χ4v) is 1.71. The van der Waals surface area contributed by atoms with E-state index in [0.29, 0.717) is 12.2 Å². The number of aromatic hydroxyl groups is 1. The van der Waals surface area contributed by atoms with Gasteiger partial charge in [0.1, 0.15) is 17.6 Å². The first-order valence-electron chi connectivity index (χ1n) is 5.60. The number of esters is 1. The lowest BCUT2D eigenvalue weighted by atomic mass is 10.1. The monoisotopic (exact) mass is 246 g/mol. The van der Waals surface area contributed by atoms with Crippen LogP contribution in [0.5, 0.6) is 5.75 Å². The van der Waals surface area contributed by atoms with Gasteiger partial charge in [0, 0.05) is 6.42 Å². The molecular weight excluding hydrogens is 232 g/mol. The molecule has 1 aromatic carbocycles. The van der Waals surface area contributed by atoms with Crippen molar-refractivity contribution in [1.82, 2.24) is 0 Å². The van der Waals surface area contributed by atoms with E-state index in [1.54, 1.807) is 30.4 Å². The van der Waals surface area contributed by atoms with Gasteiger partial charge in [-0.05, 0) is 23.8 Å². The average Bonchev–Trinajstić information content (AvgIpc) is 2.36. The first-order chi connectivity index (χ1) is 8.67. The molecule has 1 aliphatic rings. The van der Waals surface area contributed by atoms with Crippen LogP contribution in [0.15, 0.2) is 42.2 Å². The summed E-state index contributed by atoms with van der Waals surface area (Å²) in [5.41, 5.74) is 0.847. The highest BCUT2D eigenvalue weighted by molar-refractivity contribution is 5.83. The fourth-order valence-electron chi connectivity index (χ4n) is 1.71. The second-order valence-corrected chi connectivity index (χ2v) is 3.95. The van der Waals surface area contributed by atoms with Crippen molar-refractivity contribution in [2.45, 2.75) is 12.5 Å².